The molecular formula is C14H22N2O2. The van der Waals surface area contributed by atoms with Crippen molar-refractivity contribution in [2.75, 3.05) is 6.54 Å². The van der Waals surface area contributed by atoms with Crippen LogP contribution in [0.1, 0.15) is 46.0 Å². The largest absolute Gasteiger partial charge is 0.329 e. The molecule has 0 aromatic carbocycles. The second kappa shape index (κ2) is 4.25. The van der Waals surface area contributed by atoms with Crippen LogP contribution in [0.5, 0.6) is 0 Å². The molecule has 0 aromatic heterocycles. The molecule has 3 fully saturated rings. The molecule has 2 heterocycles. The maximum Gasteiger partial charge on any atom is 0.246 e. The molecule has 0 aromatic rings. The first kappa shape index (κ1) is 12.0. The molecule has 2 saturated heterocycles. The first-order valence-electron chi connectivity index (χ1n) is 7.22. The maximum atomic E-state index is 12.6. The minimum atomic E-state index is -0.248. The van der Waals surface area contributed by atoms with Crippen LogP contribution >= 0.6 is 0 Å². The molecule has 4 atom stereocenters. The zero-order chi connectivity index (χ0) is 12.9. The van der Waals surface area contributed by atoms with E-state index in [0.29, 0.717) is 12.0 Å². The molecule has 18 heavy (non-hydrogen) atoms. The van der Waals surface area contributed by atoms with Crippen molar-refractivity contribution in [1.29, 1.82) is 0 Å². The van der Waals surface area contributed by atoms with E-state index in [2.05, 4.69) is 6.92 Å². The Kier molecular flexibility index (Phi) is 2.83. The van der Waals surface area contributed by atoms with Gasteiger partial charge in [0.15, 0.2) is 0 Å². The number of amides is 2. The second-order valence-corrected chi connectivity index (χ2v) is 6.18. The molecule has 1 saturated carbocycles. The molecule has 3 rings (SSSR count). The number of nitrogens with zero attached hydrogens (tertiary/aromatic N) is 2. The van der Waals surface area contributed by atoms with Gasteiger partial charge in [0.05, 0.1) is 0 Å². The predicted octanol–water partition coefficient (Wildman–Crippen LogP) is 1.40. The Bertz CT molecular complexity index is 382. The van der Waals surface area contributed by atoms with Gasteiger partial charge in [-0.05, 0) is 44.9 Å². The lowest BCUT2D eigenvalue weighted by Gasteiger charge is -2.44. The predicted molar refractivity (Wildman–Crippen MR) is 67.8 cm³/mol. The highest BCUT2D eigenvalue weighted by Gasteiger charge is 2.48. The Labute approximate surface area is 108 Å². The Morgan fingerprint density at radius 1 is 1.06 bits per heavy atom. The lowest BCUT2D eigenvalue weighted by molar-refractivity contribution is -0.161. The van der Waals surface area contributed by atoms with Crippen LogP contribution in [-0.4, -0.2) is 46.3 Å². The van der Waals surface area contributed by atoms with Crippen LogP contribution < -0.4 is 0 Å². The molecule has 1 aliphatic carbocycles. The minimum absolute atomic E-state index is 0.149. The van der Waals surface area contributed by atoms with Crippen molar-refractivity contribution in [1.82, 2.24) is 9.80 Å². The summed E-state index contributed by atoms with van der Waals surface area (Å²) in [5.41, 5.74) is 0. The first-order valence-corrected chi connectivity index (χ1v) is 7.22. The fraction of sp³-hybridized carbons (Fsp3) is 0.857. The van der Waals surface area contributed by atoms with E-state index >= 15 is 0 Å². The van der Waals surface area contributed by atoms with Gasteiger partial charge < -0.3 is 9.80 Å². The van der Waals surface area contributed by atoms with Gasteiger partial charge in [-0.15, -0.1) is 0 Å². The van der Waals surface area contributed by atoms with Crippen LogP contribution in [0.3, 0.4) is 0 Å². The third-order valence-corrected chi connectivity index (χ3v) is 4.91. The van der Waals surface area contributed by atoms with Crippen LogP contribution in [0.15, 0.2) is 0 Å². The molecule has 100 valence electrons. The lowest BCUT2D eigenvalue weighted by Crippen LogP contribution is -2.64. The highest BCUT2D eigenvalue weighted by Crippen LogP contribution is 2.35. The Balaban J connectivity index is 1.84. The summed E-state index contributed by atoms with van der Waals surface area (Å²) in [4.78, 5) is 28.6. The molecular weight excluding hydrogens is 228 g/mol. The van der Waals surface area contributed by atoms with E-state index < -0.39 is 0 Å². The summed E-state index contributed by atoms with van der Waals surface area (Å²) in [7, 11) is 0. The van der Waals surface area contributed by atoms with E-state index in [0.717, 1.165) is 32.2 Å². The van der Waals surface area contributed by atoms with Gasteiger partial charge in [-0.1, -0.05) is 6.92 Å². The zero-order valence-corrected chi connectivity index (χ0v) is 11.3. The molecule has 0 bridgehead atoms. The van der Waals surface area contributed by atoms with E-state index in [4.69, 9.17) is 0 Å². The van der Waals surface area contributed by atoms with Crippen LogP contribution in [0.2, 0.25) is 0 Å². The first-order chi connectivity index (χ1) is 8.59. The van der Waals surface area contributed by atoms with Crippen LogP contribution in [0, 0.1) is 5.92 Å². The minimum Gasteiger partial charge on any atom is -0.329 e. The Morgan fingerprint density at radius 3 is 2.50 bits per heavy atom. The molecule has 3 aliphatic rings. The van der Waals surface area contributed by atoms with Crippen LogP contribution in [0.25, 0.3) is 0 Å². The quantitative estimate of drug-likeness (QED) is 0.706. The average Bonchev–Trinajstić information content (AvgIpc) is 2.95. The van der Waals surface area contributed by atoms with Crippen molar-refractivity contribution in [3.05, 3.63) is 0 Å². The van der Waals surface area contributed by atoms with Gasteiger partial charge in [-0.2, -0.15) is 0 Å². The van der Waals surface area contributed by atoms with Crippen LogP contribution in [-0.2, 0) is 9.59 Å². The molecule has 2 amide bonds. The summed E-state index contributed by atoms with van der Waals surface area (Å²) in [5, 5.41) is 0. The fourth-order valence-electron chi connectivity index (χ4n) is 3.94. The zero-order valence-electron chi connectivity index (χ0n) is 11.3. The van der Waals surface area contributed by atoms with E-state index in [9.17, 15) is 9.59 Å². The molecule has 0 spiro atoms. The number of rotatable bonds is 1. The summed E-state index contributed by atoms with van der Waals surface area (Å²) in [5.74, 6) is 1.06. The van der Waals surface area contributed by atoms with Gasteiger partial charge in [-0.3, -0.25) is 9.59 Å². The van der Waals surface area contributed by atoms with E-state index in [1.54, 1.807) is 0 Å². The third kappa shape index (κ3) is 1.65. The topological polar surface area (TPSA) is 40.6 Å². The SMILES string of the molecule is CC1CCC(N2C(=O)C3CCCN3C(=O)C2C)C1. The van der Waals surface area contributed by atoms with E-state index in [1.807, 2.05) is 16.7 Å². The number of fused-ring (bicyclic) bond motifs is 1. The number of piperazine rings is 1. The van der Waals surface area contributed by atoms with E-state index in [1.165, 1.54) is 6.42 Å². The third-order valence-electron chi connectivity index (χ3n) is 4.91. The van der Waals surface area contributed by atoms with Gasteiger partial charge in [-0.25, -0.2) is 0 Å². The molecule has 4 unspecified atom stereocenters. The average molecular weight is 250 g/mol. The highest BCUT2D eigenvalue weighted by atomic mass is 16.2. The number of hydrogen-bond acceptors (Lipinski definition) is 2. The fourth-order valence-corrected chi connectivity index (χ4v) is 3.94. The maximum absolute atomic E-state index is 12.6. The van der Waals surface area contributed by atoms with E-state index in [-0.39, 0.29) is 23.9 Å². The lowest BCUT2D eigenvalue weighted by atomic mass is 10.0. The Hall–Kier alpha value is -1.06. The summed E-state index contributed by atoms with van der Waals surface area (Å²) in [6, 6.07) is -0.0963. The van der Waals surface area contributed by atoms with Gasteiger partial charge in [0.2, 0.25) is 11.8 Å². The Morgan fingerprint density at radius 2 is 1.83 bits per heavy atom. The summed E-state index contributed by atoms with van der Waals surface area (Å²) in [6.45, 7) is 4.91. The van der Waals surface area contributed by atoms with Crippen molar-refractivity contribution >= 4 is 11.8 Å². The summed E-state index contributed by atoms with van der Waals surface area (Å²) in [6.07, 6.45) is 5.15. The van der Waals surface area contributed by atoms with Gasteiger partial charge >= 0.3 is 0 Å². The van der Waals surface area contributed by atoms with Gasteiger partial charge in [0.1, 0.15) is 12.1 Å². The van der Waals surface area contributed by atoms with Crippen LogP contribution in [0.4, 0.5) is 0 Å². The number of hydrogen-bond donors (Lipinski definition) is 0. The van der Waals surface area contributed by atoms with Gasteiger partial charge in [0.25, 0.3) is 0 Å². The normalized spacial score (nSPS) is 40.6. The molecule has 0 N–H and O–H groups in total. The molecule has 4 heteroatoms. The molecule has 4 nitrogen and oxygen atoms in total. The molecule has 0 radical (unpaired) electrons. The summed E-state index contributed by atoms with van der Waals surface area (Å²) >= 11 is 0. The van der Waals surface area contributed by atoms with Crippen molar-refractivity contribution in [2.24, 2.45) is 5.92 Å². The molecule has 2 aliphatic heterocycles. The highest BCUT2D eigenvalue weighted by molar-refractivity contribution is 5.97. The van der Waals surface area contributed by atoms with Crippen molar-refractivity contribution in [3.8, 4) is 0 Å². The van der Waals surface area contributed by atoms with Gasteiger partial charge in [0, 0.05) is 12.6 Å². The van der Waals surface area contributed by atoms with Crippen molar-refractivity contribution in [3.63, 3.8) is 0 Å². The monoisotopic (exact) mass is 250 g/mol. The smallest absolute Gasteiger partial charge is 0.246 e. The van der Waals surface area contributed by atoms with Crippen molar-refractivity contribution < 1.29 is 9.59 Å². The number of carbonyl (C=O) groups excluding carboxylic acids is 2. The standard InChI is InChI=1S/C14H22N2O2/c1-9-5-6-11(8-9)16-10(2)13(17)15-7-3-4-12(15)14(16)18/h9-12H,3-8H2,1-2H3. The van der Waals surface area contributed by atoms with Crippen molar-refractivity contribution in [2.45, 2.75) is 64.1 Å². The second-order valence-electron chi connectivity index (χ2n) is 6.18. The summed E-state index contributed by atoms with van der Waals surface area (Å²) < 4.78 is 0. The number of carbonyl (C=O) groups is 2.